The molecule has 0 spiro atoms. The molecule has 0 fully saturated rings. The Morgan fingerprint density at radius 1 is 1.00 bits per heavy atom. The third-order valence-corrected chi connectivity index (χ3v) is 8.73. The summed E-state index contributed by atoms with van der Waals surface area (Å²) in [5.74, 6) is 1.99. The minimum atomic E-state index is -1.90. The van der Waals surface area contributed by atoms with E-state index in [2.05, 4.69) is 51.2 Å². The second-order valence-corrected chi connectivity index (χ2v) is 11.8. The van der Waals surface area contributed by atoms with Gasteiger partial charge in [-0.15, -0.1) is 0 Å². The fourth-order valence-corrected chi connectivity index (χ4v) is 5.79. The van der Waals surface area contributed by atoms with E-state index in [1.54, 1.807) is 6.07 Å². The molecule has 0 amide bonds. The van der Waals surface area contributed by atoms with E-state index in [9.17, 15) is 5.11 Å². The van der Waals surface area contributed by atoms with E-state index in [1.165, 1.54) is 30.9 Å². The largest absolute Gasteiger partial charge is 0.508 e. The highest BCUT2D eigenvalue weighted by molar-refractivity contribution is 7.00. The number of hydrogen-bond donors (Lipinski definition) is 1. The Bertz CT molecular complexity index is 649. The standard InChI is InChI=1S/C22H32O2Si/c1-5-7-10-18(6-2)17-24-19-13-15-20(16-14-19)25(3,4)22-12-9-8-11-21(22)23/h8-9,11-16,18,23H,5-7,10,17H2,1-4H3. The Kier molecular flexibility index (Phi) is 7.12. The molecule has 1 unspecified atom stereocenters. The zero-order valence-electron chi connectivity index (χ0n) is 16.1. The van der Waals surface area contributed by atoms with E-state index in [0.29, 0.717) is 11.7 Å². The Labute approximate surface area is 153 Å². The summed E-state index contributed by atoms with van der Waals surface area (Å²) in [6.45, 7) is 9.83. The Hall–Kier alpha value is -1.74. The third-order valence-electron chi connectivity index (χ3n) is 5.18. The van der Waals surface area contributed by atoms with E-state index >= 15 is 0 Å². The molecule has 0 saturated carbocycles. The number of rotatable bonds is 9. The highest BCUT2D eigenvalue weighted by Crippen LogP contribution is 2.18. The molecule has 0 aliphatic carbocycles. The van der Waals surface area contributed by atoms with Gasteiger partial charge in [-0.25, -0.2) is 0 Å². The van der Waals surface area contributed by atoms with Crippen LogP contribution >= 0.6 is 0 Å². The zero-order chi connectivity index (χ0) is 18.3. The highest BCUT2D eigenvalue weighted by atomic mass is 28.3. The maximum atomic E-state index is 10.2. The number of unbranched alkanes of at least 4 members (excludes halogenated alkanes) is 1. The Morgan fingerprint density at radius 3 is 2.28 bits per heavy atom. The van der Waals surface area contributed by atoms with Crippen molar-refractivity contribution in [3.8, 4) is 11.5 Å². The van der Waals surface area contributed by atoms with Crippen LogP contribution in [-0.4, -0.2) is 19.8 Å². The SMILES string of the molecule is CCCCC(CC)COc1ccc([Si](C)(C)c2ccccc2O)cc1. The van der Waals surface area contributed by atoms with Crippen molar-refractivity contribution < 1.29 is 9.84 Å². The molecule has 0 heterocycles. The van der Waals surface area contributed by atoms with Crippen LogP contribution in [0.25, 0.3) is 0 Å². The average molecular weight is 357 g/mol. The van der Waals surface area contributed by atoms with Crippen LogP contribution in [0.3, 0.4) is 0 Å². The predicted molar refractivity (Wildman–Crippen MR) is 110 cm³/mol. The second kappa shape index (κ2) is 9.09. The van der Waals surface area contributed by atoms with Gasteiger partial charge in [-0.05, 0) is 35.7 Å². The van der Waals surface area contributed by atoms with E-state index in [0.717, 1.165) is 17.5 Å². The van der Waals surface area contributed by atoms with Crippen LogP contribution in [0.2, 0.25) is 13.1 Å². The van der Waals surface area contributed by atoms with Crippen molar-refractivity contribution in [2.45, 2.75) is 52.6 Å². The molecule has 1 atom stereocenters. The van der Waals surface area contributed by atoms with Gasteiger partial charge < -0.3 is 9.84 Å². The molecule has 2 rings (SSSR count). The minimum Gasteiger partial charge on any atom is -0.508 e. The van der Waals surface area contributed by atoms with Gasteiger partial charge in [-0.2, -0.15) is 0 Å². The van der Waals surface area contributed by atoms with Gasteiger partial charge in [0.1, 0.15) is 19.6 Å². The summed E-state index contributed by atoms with van der Waals surface area (Å²) in [5.41, 5.74) is 0. The normalized spacial score (nSPS) is 12.8. The molecule has 2 aromatic carbocycles. The van der Waals surface area contributed by atoms with Crippen LogP contribution in [0.15, 0.2) is 48.5 Å². The minimum absolute atomic E-state index is 0.404. The number of ether oxygens (including phenoxy) is 1. The van der Waals surface area contributed by atoms with Crippen LogP contribution < -0.4 is 15.1 Å². The molecular weight excluding hydrogens is 324 g/mol. The lowest BCUT2D eigenvalue weighted by atomic mass is 10.0. The van der Waals surface area contributed by atoms with Crippen LogP contribution in [-0.2, 0) is 0 Å². The smallest absolute Gasteiger partial charge is 0.119 e. The molecular formula is C22H32O2Si. The van der Waals surface area contributed by atoms with Gasteiger partial charge in [0, 0.05) is 0 Å². The van der Waals surface area contributed by atoms with Gasteiger partial charge in [-0.3, -0.25) is 0 Å². The van der Waals surface area contributed by atoms with Gasteiger partial charge in [0.2, 0.25) is 0 Å². The van der Waals surface area contributed by atoms with Crippen molar-refractivity contribution in [1.82, 2.24) is 0 Å². The second-order valence-electron chi connectivity index (χ2n) is 7.39. The van der Waals surface area contributed by atoms with Crippen molar-refractivity contribution in [3.63, 3.8) is 0 Å². The van der Waals surface area contributed by atoms with Crippen LogP contribution in [0.5, 0.6) is 11.5 Å². The van der Waals surface area contributed by atoms with Crippen molar-refractivity contribution in [2.24, 2.45) is 5.92 Å². The molecule has 0 aliphatic heterocycles. The van der Waals surface area contributed by atoms with Gasteiger partial charge in [0.15, 0.2) is 0 Å². The molecule has 1 N–H and O–H groups in total. The number of phenolic OH excluding ortho intramolecular Hbond substituents is 1. The maximum Gasteiger partial charge on any atom is 0.119 e. The van der Waals surface area contributed by atoms with E-state index < -0.39 is 8.07 Å². The van der Waals surface area contributed by atoms with Crippen molar-refractivity contribution >= 4 is 18.4 Å². The molecule has 0 aromatic heterocycles. The Morgan fingerprint density at radius 2 is 1.68 bits per heavy atom. The molecule has 2 nitrogen and oxygen atoms in total. The topological polar surface area (TPSA) is 29.5 Å². The summed E-state index contributed by atoms with van der Waals surface area (Å²) in [6, 6.07) is 16.2. The van der Waals surface area contributed by atoms with Crippen LogP contribution in [0.1, 0.15) is 39.5 Å². The first-order chi connectivity index (χ1) is 12.0. The summed E-state index contributed by atoms with van der Waals surface area (Å²) in [6.07, 6.45) is 4.95. The first kappa shape index (κ1) is 19.6. The van der Waals surface area contributed by atoms with E-state index in [-0.39, 0.29) is 0 Å². The fraction of sp³-hybridized carbons (Fsp3) is 0.455. The third kappa shape index (κ3) is 5.11. The quantitative estimate of drug-likeness (QED) is 0.653. The van der Waals surface area contributed by atoms with Crippen LogP contribution in [0.4, 0.5) is 0 Å². The molecule has 25 heavy (non-hydrogen) atoms. The average Bonchev–Trinajstić information content (AvgIpc) is 2.62. The maximum absolute atomic E-state index is 10.2. The molecule has 0 bridgehead atoms. The number of para-hydroxylation sites is 1. The summed E-state index contributed by atoms with van der Waals surface area (Å²) >= 11 is 0. The summed E-state index contributed by atoms with van der Waals surface area (Å²) in [4.78, 5) is 0. The zero-order valence-corrected chi connectivity index (χ0v) is 17.1. The molecule has 2 aromatic rings. The first-order valence-electron chi connectivity index (χ1n) is 9.50. The van der Waals surface area contributed by atoms with Crippen molar-refractivity contribution in [1.29, 1.82) is 0 Å². The fourth-order valence-electron chi connectivity index (χ4n) is 3.24. The number of phenols is 1. The van der Waals surface area contributed by atoms with Crippen LogP contribution in [0, 0.1) is 5.92 Å². The number of hydrogen-bond acceptors (Lipinski definition) is 2. The molecule has 0 saturated heterocycles. The van der Waals surface area contributed by atoms with Crippen molar-refractivity contribution in [3.05, 3.63) is 48.5 Å². The highest BCUT2D eigenvalue weighted by Gasteiger charge is 2.28. The van der Waals surface area contributed by atoms with Gasteiger partial charge in [-0.1, -0.05) is 81.7 Å². The van der Waals surface area contributed by atoms with E-state index in [4.69, 9.17) is 4.74 Å². The number of aromatic hydroxyl groups is 1. The Balaban J connectivity index is 2.05. The van der Waals surface area contributed by atoms with Gasteiger partial charge in [0.05, 0.1) is 6.61 Å². The number of benzene rings is 2. The summed E-state index contributed by atoms with van der Waals surface area (Å²) in [7, 11) is -1.90. The first-order valence-corrected chi connectivity index (χ1v) is 12.5. The summed E-state index contributed by atoms with van der Waals surface area (Å²) < 4.78 is 6.02. The molecule has 3 heteroatoms. The lowest BCUT2D eigenvalue weighted by molar-refractivity contribution is 0.233. The monoisotopic (exact) mass is 356 g/mol. The van der Waals surface area contributed by atoms with Gasteiger partial charge in [0.25, 0.3) is 0 Å². The molecule has 0 radical (unpaired) electrons. The molecule has 0 aliphatic rings. The van der Waals surface area contributed by atoms with E-state index in [1.807, 2.05) is 18.2 Å². The summed E-state index contributed by atoms with van der Waals surface area (Å²) in [5, 5.41) is 12.6. The molecule has 136 valence electrons. The lowest BCUT2D eigenvalue weighted by Crippen LogP contribution is -2.52. The van der Waals surface area contributed by atoms with Gasteiger partial charge >= 0.3 is 0 Å². The predicted octanol–water partition coefficient (Wildman–Crippen LogP) is 4.81. The van der Waals surface area contributed by atoms with Crippen molar-refractivity contribution in [2.75, 3.05) is 6.61 Å². The lowest BCUT2D eigenvalue weighted by Gasteiger charge is -2.25.